The van der Waals surface area contributed by atoms with Crippen molar-refractivity contribution in [1.29, 1.82) is 0 Å². The Balaban J connectivity index is 2.01. The number of para-hydroxylation sites is 1. The summed E-state index contributed by atoms with van der Waals surface area (Å²) in [4.78, 5) is 16.9. The molecule has 0 unspecified atom stereocenters. The third-order valence-corrected chi connectivity index (χ3v) is 4.28. The van der Waals surface area contributed by atoms with E-state index < -0.39 is 0 Å². The highest BCUT2D eigenvalue weighted by Crippen LogP contribution is 2.35. The molecule has 0 fully saturated rings. The van der Waals surface area contributed by atoms with Crippen LogP contribution < -0.4 is 5.73 Å². The van der Waals surface area contributed by atoms with Gasteiger partial charge in [0.1, 0.15) is 5.76 Å². The molecule has 4 rings (SSSR count). The first-order chi connectivity index (χ1) is 11.2. The molecule has 1 aliphatic carbocycles. The van der Waals surface area contributed by atoms with E-state index in [9.17, 15) is 4.79 Å². The molecule has 3 aromatic rings. The number of pyridine rings is 1. The molecule has 0 bridgehead atoms. The van der Waals surface area contributed by atoms with Gasteiger partial charge in [0.15, 0.2) is 0 Å². The maximum Gasteiger partial charge on any atom is 0.249 e. The summed E-state index contributed by atoms with van der Waals surface area (Å²) in [6, 6.07) is 11.4. The van der Waals surface area contributed by atoms with Gasteiger partial charge in [-0.15, -0.1) is 0 Å². The van der Waals surface area contributed by atoms with E-state index in [0.717, 1.165) is 52.8 Å². The quantitative estimate of drug-likeness (QED) is 0.782. The van der Waals surface area contributed by atoms with E-state index >= 15 is 0 Å². The normalized spacial score (nSPS) is 15.7. The van der Waals surface area contributed by atoms with Gasteiger partial charge < -0.3 is 10.2 Å². The van der Waals surface area contributed by atoms with E-state index in [1.807, 2.05) is 42.5 Å². The van der Waals surface area contributed by atoms with Crippen molar-refractivity contribution in [3.05, 3.63) is 65.2 Å². The Morgan fingerprint density at radius 3 is 2.83 bits per heavy atom. The van der Waals surface area contributed by atoms with Crippen LogP contribution >= 0.6 is 0 Å². The van der Waals surface area contributed by atoms with E-state index in [-0.39, 0.29) is 5.91 Å². The number of primary amides is 1. The van der Waals surface area contributed by atoms with Crippen LogP contribution in [0.3, 0.4) is 0 Å². The Hall–Kier alpha value is -2.88. The average Bonchev–Trinajstić information content (AvgIpc) is 3.06. The summed E-state index contributed by atoms with van der Waals surface area (Å²) in [6.07, 6.45) is 6.36. The summed E-state index contributed by atoms with van der Waals surface area (Å²) in [5, 5.41) is 0.831. The minimum atomic E-state index is -0.390. The van der Waals surface area contributed by atoms with Gasteiger partial charge in [0.25, 0.3) is 0 Å². The zero-order chi connectivity index (χ0) is 15.8. The zero-order valence-electron chi connectivity index (χ0n) is 12.6. The second-order valence-electron chi connectivity index (χ2n) is 5.73. The number of benzene rings is 1. The van der Waals surface area contributed by atoms with Gasteiger partial charge >= 0.3 is 0 Å². The molecule has 0 atom stereocenters. The number of furan rings is 1. The third-order valence-electron chi connectivity index (χ3n) is 4.28. The molecule has 1 aliphatic rings. The first kappa shape index (κ1) is 13.8. The topological polar surface area (TPSA) is 69.1 Å². The van der Waals surface area contributed by atoms with Crippen molar-refractivity contribution < 1.29 is 9.21 Å². The minimum Gasteiger partial charge on any atom is -0.465 e. The largest absolute Gasteiger partial charge is 0.465 e. The number of hydrogen-bond donors (Lipinski definition) is 1. The summed E-state index contributed by atoms with van der Waals surface area (Å²) < 4.78 is 5.42. The zero-order valence-corrected chi connectivity index (χ0v) is 12.6. The van der Waals surface area contributed by atoms with Crippen molar-refractivity contribution in [3.8, 4) is 0 Å². The fourth-order valence-corrected chi connectivity index (χ4v) is 3.30. The number of rotatable bonds is 2. The van der Waals surface area contributed by atoms with Gasteiger partial charge in [-0.3, -0.25) is 4.79 Å². The van der Waals surface area contributed by atoms with Crippen molar-refractivity contribution >= 4 is 28.5 Å². The van der Waals surface area contributed by atoms with Crippen molar-refractivity contribution in [2.45, 2.75) is 19.3 Å². The van der Waals surface area contributed by atoms with Crippen molar-refractivity contribution in [2.75, 3.05) is 0 Å². The van der Waals surface area contributed by atoms with E-state index in [4.69, 9.17) is 15.1 Å². The van der Waals surface area contributed by atoms with E-state index in [1.165, 1.54) is 0 Å². The van der Waals surface area contributed by atoms with Gasteiger partial charge in [0.2, 0.25) is 5.91 Å². The van der Waals surface area contributed by atoms with Crippen LogP contribution in [0.15, 0.2) is 47.1 Å². The molecule has 4 heteroatoms. The van der Waals surface area contributed by atoms with Gasteiger partial charge in [-0.1, -0.05) is 18.2 Å². The Labute approximate surface area is 133 Å². The second-order valence-corrected chi connectivity index (χ2v) is 5.73. The van der Waals surface area contributed by atoms with E-state index in [1.54, 1.807) is 6.26 Å². The second kappa shape index (κ2) is 5.39. The van der Waals surface area contributed by atoms with Crippen LogP contribution in [0.4, 0.5) is 0 Å². The average molecular weight is 304 g/mol. The summed E-state index contributed by atoms with van der Waals surface area (Å²) >= 11 is 0. The molecule has 2 heterocycles. The maximum absolute atomic E-state index is 12.1. The van der Waals surface area contributed by atoms with Crippen LogP contribution in [0.1, 0.15) is 40.2 Å². The molecule has 0 saturated carbocycles. The third kappa shape index (κ3) is 2.32. The number of allylic oxidation sites excluding steroid dienone is 1. The van der Waals surface area contributed by atoms with Crippen molar-refractivity contribution in [2.24, 2.45) is 5.73 Å². The number of fused-ring (bicyclic) bond motifs is 2. The summed E-state index contributed by atoms with van der Waals surface area (Å²) in [6.45, 7) is 0. The van der Waals surface area contributed by atoms with Crippen LogP contribution in [0.2, 0.25) is 0 Å². The molecule has 1 aromatic carbocycles. The number of hydrogen-bond acceptors (Lipinski definition) is 3. The van der Waals surface area contributed by atoms with E-state index in [0.29, 0.717) is 5.56 Å². The van der Waals surface area contributed by atoms with Crippen LogP contribution in [-0.4, -0.2) is 10.9 Å². The number of carbonyl (C=O) groups excluding carboxylic acids is 1. The van der Waals surface area contributed by atoms with Crippen LogP contribution in [0.5, 0.6) is 0 Å². The molecule has 0 aliphatic heterocycles. The lowest BCUT2D eigenvalue weighted by Gasteiger charge is -2.21. The highest BCUT2D eigenvalue weighted by molar-refractivity contribution is 6.08. The predicted molar refractivity (Wildman–Crippen MR) is 89.8 cm³/mol. The molecule has 2 aromatic heterocycles. The van der Waals surface area contributed by atoms with Crippen LogP contribution in [0.25, 0.3) is 22.6 Å². The molecule has 23 heavy (non-hydrogen) atoms. The number of aromatic nitrogens is 1. The first-order valence-corrected chi connectivity index (χ1v) is 7.70. The molecule has 1 amide bonds. The molecular formula is C19H16N2O2. The fourth-order valence-electron chi connectivity index (χ4n) is 3.30. The SMILES string of the molecule is NC(=O)c1c2c(nc3ccccc13)C(=Cc1ccco1)CCC2. The number of nitrogens with two attached hydrogens (primary N) is 1. The summed E-state index contributed by atoms with van der Waals surface area (Å²) in [7, 11) is 0. The molecule has 0 radical (unpaired) electrons. The highest BCUT2D eigenvalue weighted by atomic mass is 16.3. The Morgan fingerprint density at radius 1 is 1.17 bits per heavy atom. The van der Waals surface area contributed by atoms with Gasteiger partial charge in [-0.25, -0.2) is 4.98 Å². The summed E-state index contributed by atoms with van der Waals surface area (Å²) in [5.41, 5.74) is 10.0. The Bertz CT molecular complexity index is 924. The Morgan fingerprint density at radius 2 is 2.04 bits per heavy atom. The lowest BCUT2D eigenvalue weighted by molar-refractivity contribution is 0.100. The van der Waals surface area contributed by atoms with Gasteiger partial charge in [0, 0.05) is 5.39 Å². The molecule has 4 nitrogen and oxygen atoms in total. The highest BCUT2D eigenvalue weighted by Gasteiger charge is 2.23. The summed E-state index contributed by atoms with van der Waals surface area (Å²) in [5.74, 6) is 0.405. The maximum atomic E-state index is 12.1. The van der Waals surface area contributed by atoms with Crippen molar-refractivity contribution in [1.82, 2.24) is 4.98 Å². The molecule has 0 spiro atoms. The molecular weight excluding hydrogens is 288 g/mol. The van der Waals surface area contributed by atoms with Gasteiger partial charge in [-0.05, 0) is 54.7 Å². The van der Waals surface area contributed by atoms with Crippen molar-refractivity contribution in [3.63, 3.8) is 0 Å². The van der Waals surface area contributed by atoms with Gasteiger partial charge in [-0.2, -0.15) is 0 Å². The van der Waals surface area contributed by atoms with Gasteiger partial charge in [0.05, 0.1) is 23.0 Å². The molecule has 0 saturated heterocycles. The predicted octanol–water partition coefficient (Wildman–Crippen LogP) is 3.80. The molecule has 2 N–H and O–H groups in total. The smallest absolute Gasteiger partial charge is 0.249 e. The fraction of sp³-hybridized carbons (Fsp3) is 0.158. The monoisotopic (exact) mass is 304 g/mol. The van der Waals surface area contributed by atoms with Crippen LogP contribution in [-0.2, 0) is 6.42 Å². The van der Waals surface area contributed by atoms with Crippen LogP contribution in [0, 0.1) is 0 Å². The minimum absolute atomic E-state index is 0.390. The number of carbonyl (C=O) groups is 1. The first-order valence-electron chi connectivity index (χ1n) is 7.70. The number of nitrogens with zero attached hydrogens (tertiary/aromatic N) is 1. The molecule has 114 valence electrons. The lowest BCUT2D eigenvalue weighted by atomic mass is 9.86. The number of amides is 1. The van der Waals surface area contributed by atoms with E-state index in [2.05, 4.69) is 0 Å². The standard InChI is InChI=1S/C19H16N2O2/c20-19(22)17-14-7-1-2-9-16(14)21-18-12(5-3-8-15(17)18)11-13-6-4-10-23-13/h1-2,4,6-7,9-11H,3,5,8H2,(H2,20,22). The Kier molecular flexibility index (Phi) is 3.23. The lowest BCUT2D eigenvalue weighted by Crippen LogP contribution is -2.18.